The predicted molar refractivity (Wildman–Crippen MR) is 99.1 cm³/mol. The molecular formula is C17H13ClN4O3S. The maximum Gasteiger partial charge on any atom is 0.337 e. The van der Waals surface area contributed by atoms with Gasteiger partial charge in [0, 0.05) is 5.69 Å². The van der Waals surface area contributed by atoms with Crippen molar-refractivity contribution in [3.8, 4) is 5.69 Å². The Morgan fingerprint density at radius 2 is 1.96 bits per heavy atom. The number of hydrogen-bond acceptors (Lipinski definition) is 5. The molecule has 1 aromatic heterocycles. The maximum absolute atomic E-state index is 12.1. The van der Waals surface area contributed by atoms with Crippen LogP contribution in [0.15, 0.2) is 60.0 Å². The number of benzene rings is 2. The van der Waals surface area contributed by atoms with E-state index in [9.17, 15) is 9.59 Å². The molecule has 132 valence electrons. The summed E-state index contributed by atoms with van der Waals surface area (Å²) in [7, 11) is 0. The van der Waals surface area contributed by atoms with E-state index in [1.807, 2.05) is 30.3 Å². The Bertz CT molecular complexity index is 946. The minimum atomic E-state index is -1.16. The molecule has 0 aliphatic rings. The Hall–Kier alpha value is -2.84. The summed E-state index contributed by atoms with van der Waals surface area (Å²) >= 11 is 6.98. The molecule has 26 heavy (non-hydrogen) atoms. The number of nitrogens with one attached hydrogen (secondary N) is 1. The molecule has 0 spiro atoms. The Kier molecular flexibility index (Phi) is 5.55. The molecule has 0 saturated heterocycles. The van der Waals surface area contributed by atoms with Crippen molar-refractivity contribution in [2.45, 2.75) is 5.16 Å². The summed E-state index contributed by atoms with van der Waals surface area (Å²) in [4.78, 5) is 27.3. The van der Waals surface area contributed by atoms with E-state index < -0.39 is 5.97 Å². The fourth-order valence-electron chi connectivity index (χ4n) is 2.11. The molecule has 3 rings (SSSR count). The number of carbonyl (C=O) groups is 2. The topological polar surface area (TPSA) is 97.1 Å². The summed E-state index contributed by atoms with van der Waals surface area (Å²) < 4.78 is 1.62. The van der Waals surface area contributed by atoms with Gasteiger partial charge < -0.3 is 10.4 Å². The van der Waals surface area contributed by atoms with Crippen LogP contribution in [0, 0.1) is 0 Å². The second-order valence-corrected chi connectivity index (χ2v) is 6.49. The minimum absolute atomic E-state index is 0.0691. The van der Waals surface area contributed by atoms with Crippen LogP contribution in [0.2, 0.25) is 5.02 Å². The van der Waals surface area contributed by atoms with Crippen molar-refractivity contribution >= 4 is 40.9 Å². The lowest BCUT2D eigenvalue weighted by atomic mass is 10.2. The van der Waals surface area contributed by atoms with Crippen molar-refractivity contribution in [3.05, 3.63) is 65.4 Å². The van der Waals surface area contributed by atoms with Gasteiger partial charge >= 0.3 is 5.97 Å². The average molecular weight is 389 g/mol. The van der Waals surface area contributed by atoms with Crippen LogP contribution in [0.25, 0.3) is 5.69 Å². The first kappa shape index (κ1) is 18.0. The van der Waals surface area contributed by atoms with Crippen LogP contribution >= 0.6 is 23.4 Å². The van der Waals surface area contributed by atoms with E-state index in [0.717, 1.165) is 5.69 Å². The van der Waals surface area contributed by atoms with Gasteiger partial charge in [-0.05, 0) is 30.3 Å². The molecule has 0 radical (unpaired) electrons. The highest BCUT2D eigenvalue weighted by atomic mass is 35.5. The fraction of sp³-hybridized carbons (Fsp3) is 0.0588. The third-order valence-corrected chi connectivity index (χ3v) is 4.49. The van der Waals surface area contributed by atoms with Gasteiger partial charge in [-0.1, -0.05) is 41.6 Å². The highest BCUT2D eigenvalue weighted by Gasteiger charge is 2.12. The molecule has 0 saturated carbocycles. The number of hydrogen-bond donors (Lipinski definition) is 2. The first-order valence-electron chi connectivity index (χ1n) is 7.45. The van der Waals surface area contributed by atoms with Gasteiger partial charge in [0.1, 0.15) is 6.33 Å². The molecule has 0 fully saturated rings. The third-order valence-electron chi connectivity index (χ3n) is 3.30. The minimum Gasteiger partial charge on any atom is -0.478 e. The molecule has 3 aromatic rings. The number of carbonyl (C=O) groups excluding carboxylic acids is 1. The molecule has 0 unspecified atom stereocenters. The van der Waals surface area contributed by atoms with Gasteiger partial charge in [0.15, 0.2) is 0 Å². The molecular weight excluding hydrogens is 376 g/mol. The van der Waals surface area contributed by atoms with Crippen molar-refractivity contribution in [2.24, 2.45) is 0 Å². The van der Waals surface area contributed by atoms with E-state index in [1.54, 1.807) is 17.1 Å². The highest BCUT2D eigenvalue weighted by molar-refractivity contribution is 7.99. The number of para-hydroxylation sites is 1. The molecule has 2 N–H and O–H groups in total. The van der Waals surface area contributed by atoms with Gasteiger partial charge in [0.05, 0.1) is 22.0 Å². The van der Waals surface area contributed by atoms with Crippen LogP contribution < -0.4 is 5.32 Å². The van der Waals surface area contributed by atoms with Crippen molar-refractivity contribution in [2.75, 3.05) is 11.1 Å². The molecule has 0 aliphatic heterocycles. The third kappa shape index (κ3) is 4.41. The standard InChI is InChI=1S/C17H13ClN4O3S/c18-14-7-6-11(8-13(14)16(24)25)20-15(23)9-26-17-19-10-22(21-17)12-4-2-1-3-5-12/h1-8,10H,9H2,(H,20,23)(H,24,25). The van der Waals surface area contributed by atoms with Crippen LogP contribution in [0.1, 0.15) is 10.4 Å². The normalized spacial score (nSPS) is 10.5. The van der Waals surface area contributed by atoms with Gasteiger partial charge in [-0.25, -0.2) is 14.5 Å². The molecule has 0 atom stereocenters. The second kappa shape index (κ2) is 8.03. The lowest BCUT2D eigenvalue weighted by Crippen LogP contribution is -2.14. The number of aromatic nitrogens is 3. The molecule has 1 heterocycles. The molecule has 2 aromatic carbocycles. The number of amides is 1. The van der Waals surface area contributed by atoms with Crippen molar-refractivity contribution in [3.63, 3.8) is 0 Å². The summed E-state index contributed by atoms with van der Waals surface area (Å²) in [5.74, 6) is -1.37. The lowest BCUT2D eigenvalue weighted by molar-refractivity contribution is -0.113. The lowest BCUT2D eigenvalue weighted by Gasteiger charge is -2.06. The Balaban J connectivity index is 1.59. The largest absolute Gasteiger partial charge is 0.478 e. The SMILES string of the molecule is O=C(CSc1ncn(-c2ccccc2)n1)Nc1ccc(Cl)c(C(=O)O)c1. The zero-order valence-corrected chi connectivity index (χ0v) is 14.9. The van der Waals surface area contributed by atoms with Crippen LogP contribution in [-0.4, -0.2) is 37.5 Å². The first-order chi connectivity index (χ1) is 12.5. The number of anilines is 1. The Morgan fingerprint density at radius 1 is 1.19 bits per heavy atom. The van der Waals surface area contributed by atoms with Gasteiger partial charge in [-0.3, -0.25) is 4.79 Å². The average Bonchev–Trinajstić information content (AvgIpc) is 3.11. The number of halogens is 1. The van der Waals surface area contributed by atoms with Crippen LogP contribution in [0.3, 0.4) is 0 Å². The smallest absolute Gasteiger partial charge is 0.337 e. The van der Waals surface area contributed by atoms with E-state index in [1.165, 1.54) is 23.9 Å². The number of rotatable bonds is 6. The maximum atomic E-state index is 12.1. The van der Waals surface area contributed by atoms with E-state index in [4.69, 9.17) is 16.7 Å². The van der Waals surface area contributed by atoms with E-state index >= 15 is 0 Å². The molecule has 7 nitrogen and oxygen atoms in total. The fourth-order valence-corrected chi connectivity index (χ4v) is 2.91. The summed E-state index contributed by atoms with van der Waals surface area (Å²) in [6.07, 6.45) is 1.58. The number of nitrogens with zero attached hydrogens (tertiary/aromatic N) is 3. The zero-order chi connectivity index (χ0) is 18.5. The van der Waals surface area contributed by atoms with Crippen molar-refractivity contribution in [1.29, 1.82) is 0 Å². The predicted octanol–water partition coefficient (Wildman–Crippen LogP) is 3.35. The van der Waals surface area contributed by atoms with E-state index in [0.29, 0.717) is 10.8 Å². The monoisotopic (exact) mass is 388 g/mol. The number of carboxylic acid groups (broad SMARTS) is 1. The summed E-state index contributed by atoms with van der Waals surface area (Å²) in [5.41, 5.74) is 1.17. The summed E-state index contributed by atoms with van der Waals surface area (Å²) in [6, 6.07) is 13.8. The van der Waals surface area contributed by atoms with Crippen LogP contribution in [0.4, 0.5) is 5.69 Å². The number of carboxylic acids is 1. The van der Waals surface area contributed by atoms with Crippen LogP contribution in [-0.2, 0) is 4.79 Å². The highest BCUT2D eigenvalue weighted by Crippen LogP contribution is 2.21. The van der Waals surface area contributed by atoms with Crippen LogP contribution in [0.5, 0.6) is 0 Å². The van der Waals surface area contributed by atoms with Gasteiger partial charge in [0.25, 0.3) is 0 Å². The first-order valence-corrected chi connectivity index (χ1v) is 8.82. The second-order valence-electron chi connectivity index (χ2n) is 5.14. The number of thioether (sulfide) groups is 1. The van der Waals surface area contributed by atoms with Gasteiger partial charge in [0.2, 0.25) is 11.1 Å². The summed E-state index contributed by atoms with van der Waals surface area (Å²) in [6.45, 7) is 0. The van der Waals surface area contributed by atoms with Crippen molar-refractivity contribution < 1.29 is 14.7 Å². The Morgan fingerprint density at radius 3 is 2.69 bits per heavy atom. The molecule has 0 bridgehead atoms. The van der Waals surface area contributed by atoms with E-state index in [2.05, 4.69) is 15.4 Å². The zero-order valence-electron chi connectivity index (χ0n) is 13.3. The van der Waals surface area contributed by atoms with E-state index in [-0.39, 0.29) is 22.2 Å². The van der Waals surface area contributed by atoms with Gasteiger partial charge in [-0.15, -0.1) is 5.10 Å². The van der Waals surface area contributed by atoms with Crippen molar-refractivity contribution in [1.82, 2.24) is 14.8 Å². The summed E-state index contributed by atoms with van der Waals surface area (Å²) in [5, 5.41) is 16.6. The molecule has 0 aliphatic carbocycles. The molecule has 9 heteroatoms. The quantitative estimate of drug-likeness (QED) is 0.628. The van der Waals surface area contributed by atoms with Gasteiger partial charge in [-0.2, -0.15) is 0 Å². The molecule has 1 amide bonds. The number of aromatic carboxylic acids is 1. The Labute approximate surface area is 158 Å².